The van der Waals surface area contributed by atoms with Crippen LogP contribution in [0.5, 0.6) is 0 Å². The van der Waals surface area contributed by atoms with Crippen molar-refractivity contribution in [1.29, 1.82) is 0 Å². The summed E-state index contributed by atoms with van der Waals surface area (Å²) in [6, 6.07) is 9.80. The van der Waals surface area contributed by atoms with Gasteiger partial charge in [0.25, 0.3) is 0 Å². The molecular weight excluding hydrogens is 340 g/mol. The van der Waals surface area contributed by atoms with Gasteiger partial charge in [0.1, 0.15) is 11.7 Å². The molecular formula is C20H25F2NO3. The molecule has 2 aliphatic rings. The average Bonchev–Trinajstić information content (AvgIpc) is 2.64. The molecule has 0 saturated carbocycles. The summed E-state index contributed by atoms with van der Waals surface area (Å²) in [5.74, 6) is -2.22. The Balaban J connectivity index is 1.57. The van der Waals surface area contributed by atoms with E-state index in [-0.39, 0.29) is 31.7 Å². The van der Waals surface area contributed by atoms with E-state index in [0.29, 0.717) is 19.6 Å². The van der Waals surface area contributed by atoms with Crippen LogP contribution in [0.3, 0.4) is 0 Å². The summed E-state index contributed by atoms with van der Waals surface area (Å²) in [4.78, 5) is 0. The van der Waals surface area contributed by atoms with E-state index < -0.39 is 23.1 Å². The number of rotatable bonds is 6. The lowest BCUT2D eigenvalue weighted by atomic mass is 9.69. The number of nitrogens with two attached hydrogens (primary N) is 1. The van der Waals surface area contributed by atoms with E-state index >= 15 is 0 Å². The molecule has 0 radical (unpaired) electrons. The molecule has 1 saturated heterocycles. The summed E-state index contributed by atoms with van der Waals surface area (Å²) in [6.07, 6.45) is 2.62. The number of hydrogen-bond acceptors (Lipinski definition) is 4. The highest BCUT2D eigenvalue weighted by atomic mass is 19.1. The van der Waals surface area contributed by atoms with E-state index in [4.69, 9.17) is 15.2 Å². The van der Waals surface area contributed by atoms with Crippen LogP contribution in [0.25, 0.3) is 0 Å². The molecule has 1 heterocycles. The van der Waals surface area contributed by atoms with E-state index in [9.17, 15) is 13.9 Å². The van der Waals surface area contributed by atoms with Crippen molar-refractivity contribution in [2.75, 3.05) is 19.8 Å². The maximum Gasteiger partial charge on any atom is 0.121 e. The molecule has 4 atom stereocenters. The summed E-state index contributed by atoms with van der Waals surface area (Å²) in [7, 11) is 0. The quantitative estimate of drug-likeness (QED) is 0.813. The molecule has 0 bridgehead atoms. The number of halogens is 2. The van der Waals surface area contributed by atoms with Crippen molar-refractivity contribution < 1.29 is 23.4 Å². The molecule has 4 unspecified atom stereocenters. The van der Waals surface area contributed by atoms with E-state index in [1.165, 1.54) is 6.08 Å². The first-order chi connectivity index (χ1) is 12.5. The van der Waals surface area contributed by atoms with Crippen LogP contribution in [-0.2, 0) is 16.1 Å². The van der Waals surface area contributed by atoms with Crippen molar-refractivity contribution in [2.45, 2.75) is 31.1 Å². The Hall–Kier alpha value is -1.60. The third-order valence-corrected chi connectivity index (χ3v) is 5.32. The maximum atomic E-state index is 14.3. The molecule has 1 aromatic rings. The van der Waals surface area contributed by atoms with Gasteiger partial charge in [-0.05, 0) is 24.5 Å². The highest BCUT2D eigenvalue weighted by Gasteiger charge is 2.48. The van der Waals surface area contributed by atoms with Gasteiger partial charge in [-0.15, -0.1) is 0 Å². The maximum absolute atomic E-state index is 14.3. The normalized spacial score (nSPS) is 32.1. The lowest BCUT2D eigenvalue weighted by Crippen LogP contribution is -2.62. The van der Waals surface area contributed by atoms with E-state index in [1.807, 2.05) is 30.3 Å². The lowest BCUT2D eigenvalue weighted by Gasteiger charge is -2.47. The smallest absolute Gasteiger partial charge is 0.121 e. The summed E-state index contributed by atoms with van der Waals surface area (Å²) >= 11 is 0. The fourth-order valence-corrected chi connectivity index (χ4v) is 3.72. The molecule has 1 aromatic carbocycles. The summed E-state index contributed by atoms with van der Waals surface area (Å²) in [6.45, 7) is 0.769. The third-order valence-electron chi connectivity index (χ3n) is 5.32. The van der Waals surface area contributed by atoms with Gasteiger partial charge in [-0.25, -0.2) is 8.78 Å². The van der Waals surface area contributed by atoms with Crippen LogP contribution < -0.4 is 5.73 Å². The van der Waals surface area contributed by atoms with Gasteiger partial charge in [0.05, 0.1) is 31.5 Å². The van der Waals surface area contributed by atoms with Gasteiger partial charge in [0, 0.05) is 24.5 Å². The minimum absolute atomic E-state index is 0.0962. The molecule has 0 spiro atoms. The standard InChI is InChI=1S/C20H25F2NO3/c21-16-6-7-18(19(22)9-16)20(23)13-26-17(8-15(20)10-24)12-25-11-14-4-2-1-3-5-14/h1-6,9,15,17-18,24H,7-8,10-13,23H2. The average molecular weight is 365 g/mol. The second kappa shape index (κ2) is 8.39. The predicted molar refractivity (Wildman–Crippen MR) is 94.4 cm³/mol. The lowest BCUT2D eigenvalue weighted by molar-refractivity contribution is -0.115. The number of ether oxygens (including phenoxy) is 2. The third kappa shape index (κ3) is 4.20. The highest BCUT2D eigenvalue weighted by Crippen LogP contribution is 2.41. The van der Waals surface area contributed by atoms with Gasteiger partial charge in [-0.2, -0.15) is 0 Å². The first kappa shape index (κ1) is 19.2. The minimum atomic E-state index is -1.07. The van der Waals surface area contributed by atoms with E-state index in [2.05, 4.69) is 0 Å². The summed E-state index contributed by atoms with van der Waals surface area (Å²) in [5.41, 5.74) is 6.45. The van der Waals surface area contributed by atoms with Gasteiger partial charge < -0.3 is 20.3 Å². The molecule has 1 fully saturated rings. The Kier molecular flexibility index (Phi) is 6.19. The van der Waals surface area contributed by atoms with Crippen molar-refractivity contribution in [3.05, 3.63) is 59.7 Å². The number of benzene rings is 1. The number of aliphatic hydroxyl groups is 1. The molecule has 0 aromatic heterocycles. The van der Waals surface area contributed by atoms with Crippen molar-refractivity contribution in [3.8, 4) is 0 Å². The van der Waals surface area contributed by atoms with Gasteiger partial charge >= 0.3 is 0 Å². The first-order valence-corrected chi connectivity index (χ1v) is 8.88. The van der Waals surface area contributed by atoms with E-state index in [0.717, 1.165) is 11.6 Å². The molecule has 1 aliphatic carbocycles. The fraction of sp³-hybridized carbons (Fsp3) is 0.500. The predicted octanol–water partition coefficient (Wildman–Crippen LogP) is 3.02. The van der Waals surface area contributed by atoms with Crippen molar-refractivity contribution in [2.24, 2.45) is 17.6 Å². The van der Waals surface area contributed by atoms with Crippen molar-refractivity contribution >= 4 is 0 Å². The second-order valence-corrected chi connectivity index (χ2v) is 7.07. The molecule has 4 nitrogen and oxygen atoms in total. The Bertz CT molecular complexity index is 664. The Morgan fingerprint density at radius 1 is 1.27 bits per heavy atom. The molecule has 142 valence electrons. The van der Waals surface area contributed by atoms with Crippen LogP contribution in [-0.4, -0.2) is 36.6 Å². The van der Waals surface area contributed by atoms with Gasteiger partial charge in [0.2, 0.25) is 0 Å². The molecule has 0 amide bonds. The number of allylic oxidation sites excluding steroid dienone is 3. The SMILES string of the molecule is NC1(C2CC=C(F)C=C2F)COC(COCc2ccccc2)CC1CO. The first-order valence-electron chi connectivity index (χ1n) is 8.88. The van der Waals surface area contributed by atoms with Gasteiger partial charge in [0.15, 0.2) is 0 Å². The minimum Gasteiger partial charge on any atom is -0.396 e. The number of hydrogen-bond donors (Lipinski definition) is 2. The zero-order valence-electron chi connectivity index (χ0n) is 14.6. The van der Waals surface area contributed by atoms with Crippen LogP contribution in [0.15, 0.2) is 54.1 Å². The Morgan fingerprint density at radius 2 is 2.04 bits per heavy atom. The van der Waals surface area contributed by atoms with Crippen LogP contribution in [0.4, 0.5) is 8.78 Å². The second-order valence-electron chi connectivity index (χ2n) is 7.07. The van der Waals surface area contributed by atoms with Crippen molar-refractivity contribution in [1.82, 2.24) is 0 Å². The molecule has 26 heavy (non-hydrogen) atoms. The van der Waals surface area contributed by atoms with Crippen molar-refractivity contribution in [3.63, 3.8) is 0 Å². The molecule has 1 aliphatic heterocycles. The van der Waals surface area contributed by atoms with Crippen LogP contribution in [0.1, 0.15) is 18.4 Å². The molecule has 6 heteroatoms. The zero-order valence-corrected chi connectivity index (χ0v) is 14.6. The monoisotopic (exact) mass is 365 g/mol. The van der Waals surface area contributed by atoms with Crippen LogP contribution in [0.2, 0.25) is 0 Å². The molecule has 3 rings (SSSR count). The van der Waals surface area contributed by atoms with Gasteiger partial charge in [-0.1, -0.05) is 30.3 Å². The largest absolute Gasteiger partial charge is 0.396 e. The van der Waals surface area contributed by atoms with Crippen LogP contribution >= 0.6 is 0 Å². The Morgan fingerprint density at radius 3 is 2.73 bits per heavy atom. The summed E-state index contributed by atoms with van der Waals surface area (Å²) in [5, 5.41) is 9.81. The molecule has 3 N–H and O–H groups in total. The Labute approximate surface area is 152 Å². The topological polar surface area (TPSA) is 64.7 Å². The number of aliphatic hydroxyl groups excluding tert-OH is 1. The van der Waals surface area contributed by atoms with Crippen LogP contribution in [0, 0.1) is 11.8 Å². The fourth-order valence-electron chi connectivity index (χ4n) is 3.72. The van der Waals surface area contributed by atoms with Gasteiger partial charge in [-0.3, -0.25) is 0 Å². The van der Waals surface area contributed by atoms with E-state index in [1.54, 1.807) is 0 Å². The zero-order chi connectivity index (χ0) is 18.6. The summed E-state index contributed by atoms with van der Waals surface area (Å²) < 4.78 is 39.0. The highest BCUT2D eigenvalue weighted by molar-refractivity contribution is 5.26.